The molecule has 1 aromatic rings. The van der Waals surface area contributed by atoms with Gasteiger partial charge in [-0.25, -0.2) is 5.84 Å². The molecule has 1 unspecified atom stereocenters. The summed E-state index contributed by atoms with van der Waals surface area (Å²) in [7, 11) is 0. The molecule has 0 aliphatic heterocycles. The van der Waals surface area contributed by atoms with Gasteiger partial charge >= 0.3 is 5.97 Å². The lowest BCUT2D eigenvalue weighted by molar-refractivity contribution is -0.141. The smallest absolute Gasteiger partial charge is 0.311 e. The fourth-order valence-electron chi connectivity index (χ4n) is 2.32. The van der Waals surface area contributed by atoms with E-state index >= 15 is 0 Å². The van der Waals surface area contributed by atoms with Gasteiger partial charge in [-0.2, -0.15) is 0 Å². The summed E-state index contributed by atoms with van der Waals surface area (Å²) in [6.45, 7) is 7.48. The van der Waals surface area contributed by atoms with Gasteiger partial charge in [-0.05, 0) is 29.0 Å². The molecule has 5 nitrogen and oxygen atoms in total. The molecule has 0 fully saturated rings. The molecule has 0 saturated carbocycles. The Morgan fingerprint density at radius 3 is 2.35 bits per heavy atom. The fraction of sp³-hybridized carbons (Fsp3) is 0.467. The Balaban J connectivity index is 3.49. The summed E-state index contributed by atoms with van der Waals surface area (Å²) in [6, 6.07) is 5.27. The van der Waals surface area contributed by atoms with E-state index < -0.39 is 23.2 Å². The summed E-state index contributed by atoms with van der Waals surface area (Å²) in [6.07, 6.45) is 0.762. The van der Waals surface area contributed by atoms with Crippen molar-refractivity contribution in [2.24, 2.45) is 11.3 Å². The number of nitrogen functional groups attached to an aromatic ring is 1. The highest BCUT2D eigenvalue weighted by molar-refractivity contribution is 5.97. The first-order valence-electron chi connectivity index (χ1n) is 6.59. The number of amides is 1. The zero-order valence-electron chi connectivity index (χ0n) is 12.4. The second-order valence-electron chi connectivity index (χ2n) is 5.89. The third kappa shape index (κ3) is 3.36. The number of aryl methyl sites for hydroxylation is 1. The monoisotopic (exact) mass is 278 g/mol. The minimum absolute atomic E-state index is 0.328. The molecule has 20 heavy (non-hydrogen) atoms. The van der Waals surface area contributed by atoms with Crippen LogP contribution in [0.3, 0.4) is 0 Å². The van der Waals surface area contributed by atoms with E-state index in [1.807, 2.05) is 33.8 Å². The molecule has 0 spiro atoms. The number of rotatable bonds is 4. The average Bonchev–Trinajstić information content (AvgIpc) is 2.36. The van der Waals surface area contributed by atoms with Crippen LogP contribution in [0.1, 0.15) is 55.1 Å². The van der Waals surface area contributed by atoms with Gasteiger partial charge in [0.15, 0.2) is 0 Å². The van der Waals surface area contributed by atoms with E-state index in [-0.39, 0.29) is 0 Å². The van der Waals surface area contributed by atoms with Crippen molar-refractivity contribution in [1.29, 1.82) is 0 Å². The molecule has 0 aliphatic carbocycles. The molecule has 110 valence electrons. The number of hydrogen-bond acceptors (Lipinski definition) is 3. The SMILES string of the molecule is CCc1ccc(C(C(=O)O)C(C)(C)C)c(C(=O)NN)c1. The first-order valence-corrected chi connectivity index (χ1v) is 6.59. The second-order valence-corrected chi connectivity index (χ2v) is 5.89. The maximum absolute atomic E-state index is 11.9. The van der Waals surface area contributed by atoms with E-state index in [1.165, 1.54) is 0 Å². The zero-order chi connectivity index (χ0) is 15.5. The largest absolute Gasteiger partial charge is 0.481 e. The minimum atomic E-state index is -0.951. The number of carbonyl (C=O) groups excluding carboxylic acids is 1. The number of nitrogens with two attached hydrogens (primary N) is 1. The van der Waals surface area contributed by atoms with Gasteiger partial charge in [0.25, 0.3) is 5.91 Å². The lowest BCUT2D eigenvalue weighted by Crippen LogP contribution is -2.34. The maximum Gasteiger partial charge on any atom is 0.311 e. The average molecular weight is 278 g/mol. The van der Waals surface area contributed by atoms with Gasteiger partial charge in [0.2, 0.25) is 0 Å². The van der Waals surface area contributed by atoms with Crippen molar-refractivity contribution in [3.05, 3.63) is 34.9 Å². The van der Waals surface area contributed by atoms with Gasteiger partial charge in [-0.1, -0.05) is 39.8 Å². The number of hydrogen-bond donors (Lipinski definition) is 3. The highest BCUT2D eigenvalue weighted by Gasteiger charge is 2.35. The molecule has 1 amide bonds. The van der Waals surface area contributed by atoms with Crippen LogP contribution >= 0.6 is 0 Å². The molecule has 0 aromatic heterocycles. The van der Waals surface area contributed by atoms with Crippen LogP contribution in [0, 0.1) is 5.41 Å². The molecule has 0 bridgehead atoms. The fourth-order valence-corrected chi connectivity index (χ4v) is 2.32. The van der Waals surface area contributed by atoms with Crippen molar-refractivity contribution in [3.63, 3.8) is 0 Å². The number of carboxylic acids is 1. The van der Waals surface area contributed by atoms with Gasteiger partial charge in [0.05, 0.1) is 5.92 Å². The van der Waals surface area contributed by atoms with Gasteiger partial charge < -0.3 is 5.11 Å². The lowest BCUT2D eigenvalue weighted by Gasteiger charge is -2.29. The molecular weight excluding hydrogens is 256 g/mol. The summed E-state index contributed by atoms with van der Waals surface area (Å²) in [5.74, 6) is 3.01. The van der Waals surface area contributed by atoms with Crippen LogP contribution < -0.4 is 11.3 Å². The predicted molar refractivity (Wildman–Crippen MR) is 77.3 cm³/mol. The highest BCUT2D eigenvalue weighted by Crippen LogP contribution is 2.37. The molecule has 0 aliphatic rings. The van der Waals surface area contributed by atoms with Crippen LogP contribution in [0.4, 0.5) is 0 Å². The molecule has 0 heterocycles. The van der Waals surface area contributed by atoms with Gasteiger partial charge in [-0.15, -0.1) is 0 Å². The van der Waals surface area contributed by atoms with E-state index in [4.69, 9.17) is 5.84 Å². The van der Waals surface area contributed by atoms with Gasteiger partial charge in [0, 0.05) is 5.56 Å². The highest BCUT2D eigenvalue weighted by atomic mass is 16.4. The number of benzene rings is 1. The van der Waals surface area contributed by atoms with Crippen molar-refractivity contribution >= 4 is 11.9 Å². The first-order chi connectivity index (χ1) is 9.22. The molecule has 0 radical (unpaired) electrons. The Morgan fingerprint density at radius 1 is 1.35 bits per heavy atom. The predicted octanol–water partition coefficient (Wildman–Crippen LogP) is 2.07. The Morgan fingerprint density at radius 2 is 1.95 bits per heavy atom. The Hall–Kier alpha value is -1.88. The van der Waals surface area contributed by atoms with Crippen molar-refractivity contribution in [2.75, 3.05) is 0 Å². The van der Waals surface area contributed by atoms with Gasteiger partial charge in [0.1, 0.15) is 0 Å². The minimum Gasteiger partial charge on any atom is -0.481 e. The number of aliphatic carboxylic acids is 1. The summed E-state index contributed by atoms with van der Waals surface area (Å²) in [5, 5.41) is 9.50. The molecule has 5 heteroatoms. The van der Waals surface area contributed by atoms with E-state index in [9.17, 15) is 14.7 Å². The number of carboxylic acid groups (broad SMARTS) is 1. The normalized spacial score (nSPS) is 12.8. The van der Waals surface area contributed by atoms with Crippen molar-refractivity contribution in [1.82, 2.24) is 5.43 Å². The Kier molecular flexibility index (Phi) is 4.89. The Labute approximate surface area is 119 Å². The second kappa shape index (κ2) is 6.05. The standard InChI is InChI=1S/C15H22N2O3/c1-5-9-6-7-10(11(8-9)13(18)17-16)12(14(19)20)15(2,3)4/h6-8,12H,5,16H2,1-4H3,(H,17,18)(H,19,20). The summed E-state index contributed by atoms with van der Waals surface area (Å²) >= 11 is 0. The van der Waals surface area contributed by atoms with Crippen LogP contribution in [0.15, 0.2) is 18.2 Å². The summed E-state index contributed by atoms with van der Waals surface area (Å²) in [5.41, 5.74) is 3.36. The number of nitrogens with one attached hydrogen (secondary N) is 1. The van der Waals surface area contributed by atoms with E-state index in [2.05, 4.69) is 5.43 Å². The van der Waals surface area contributed by atoms with Crippen LogP contribution in [-0.2, 0) is 11.2 Å². The number of carbonyl (C=O) groups is 2. The van der Waals surface area contributed by atoms with Crippen molar-refractivity contribution in [2.45, 2.75) is 40.0 Å². The molecular formula is C15H22N2O3. The third-order valence-electron chi connectivity index (χ3n) is 3.33. The first kappa shape index (κ1) is 16.2. The molecule has 1 atom stereocenters. The maximum atomic E-state index is 11.9. The van der Waals surface area contributed by atoms with Crippen LogP contribution in [-0.4, -0.2) is 17.0 Å². The van der Waals surface area contributed by atoms with E-state index in [0.717, 1.165) is 12.0 Å². The Bertz CT molecular complexity index is 518. The summed E-state index contributed by atoms with van der Waals surface area (Å²) in [4.78, 5) is 23.5. The van der Waals surface area contributed by atoms with Crippen LogP contribution in [0.25, 0.3) is 0 Å². The van der Waals surface area contributed by atoms with E-state index in [1.54, 1.807) is 12.1 Å². The molecule has 0 saturated heterocycles. The van der Waals surface area contributed by atoms with E-state index in [0.29, 0.717) is 11.1 Å². The third-order valence-corrected chi connectivity index (χ3v) is 3.33. The zero-order valence-corrected chi connectivity index (χ0v) is 12.4. The molecule has 1 aromatic carbocycles. The van der Waals surface area contributed by atoms with Crippen LogP contribution in [0.5, 0.6) is 0 Å². The van der Waals surface area contributed by atoms with Crippen molar-refractivity contribution in [3.8, 4) is 0 Å². The topological polar surface area (TPSA) is 92.4 Å². The summed E-state index contributed by atoms with van der Waals surface area (Å²) < 4.78 is 0. The van der Waals surface area contributed by atoms with Crippen molar-refractivity contribution < 1.29 is 14.7 Å². The van der Waals surface area contributed by atoms with Crippen LogP contribution in [0.2, 0.25) is 0 Å². The molecule has 4 N–H and O–H groups in total. The molecule has 1 rings (SSSR count). The lowest BCUT2D eigenvalue weighted by atomic mass is 9.74. The van der Waals surface area contributed by atoms with Gasteiger partial charge in [-0.3, -0.25) is 15.0 Å². The quantitative estimate of drug-likeness (QED) is 0.446. The number of hydrazine groups is 1.